The molecule has 14 heavy (non-hydrogen) atoms. The predicted octanol–water partition coefficient (Wildman–Crippen LogP) is 0.520. The van der Waals surface area contributed by atoms with Crippen LogP contribution in [0.2, 0.25) is 0 Å². The molecule has 4 nitrogen and oxygen atoms in total. The molecule has 0 spiro atoms. The van der Waals surface area contributed by atoms with Crippen molar-refractivity contribution in [2.45, 2.75) is 37.8 Å². The van der Waals surface area contributed by atoms with Gasteiger partial charge >= 0.3 is 5.97 Å². The maximum atomic E-state index is 10.3. The molecule has 1 aliphatic rings. The first-order valence-corrected chi connectivity index (χ1v) is 4.96. The molecule has 2 unspecified atom stereocenters. The minimum Gasteiger partial charge on any atom is -0.481 e. The number of carboxylic acid groups (broad SMARTS) is 1. The number of hydrogen-bond acceptors (Lipinski definition) is 3. The fourth-order valence-electron chi connectivity index (χ4n) is 1.56. The molecule has 0 fully saturated rings. The molecule has 0 saturated heterocycles. The third kappa shape index (κ3) is 4.39. The molecule has 1 rings (SSSR count). The molecular weight excluding hydrogens is 182 g/mol. The van der Waals surface area contributed by atoms with Crippen LogP contribution in [-0.4, -0.2) is 34.9 Å². The normalized spacial score (nSPS) is 23.4. The van der Waals surface area contributed by atoms with Crippen LogP contribution in [-0.2, 0) is 4.79 Å². The maximum Gasteiger partial charge on any atom is 0.306 e. The Hall–Kier alpha value is -0.870. The van der Waals surface area contributed by atoms with Gasteiger partial charge in [-0.15, -0.1) is 0 Å². The van der Waals surface area contributed by atoms with Gasteiger partial charge in [-0.1, -0.05) is 12.2 Å². The van der Waals surface area contributed by atoms with Gasteiger partial charge in [-0.2, -0.15) is 0 Å². The van der Waals surface area contributed by atoms with Gasteiger partial charge in [0, 0.05) is 12.6 Å². The topological polar surface area (TPSA) is 69.6 Å². The first-order valence-electron chi connectivity index (χ1n) is 4.96. The molecule has 0 heterocycles. The van der Waals surface area contributed by atoms with Crippen LogP contribution in [0.1, 0.15) is 25.7 Å². The van der Waals surface area contributed by atoms with Crippen molar-refractivity contribution in [1.82, 2.24) is 5.32 Å². The molecule has 0 amide bonds. The molecule has 0 aliphatic heterocycles. The lowest BCUT2D eigenvalue weighted by Crippen LogP contribution is -2.36. The number of carbonyl (C=O) groups is 1. The number of aliphatic hydroxyl groups is 1. The van der Waals surface area contributed by atoms with Gasteiger partial charge in [-0.3, -0.25) is 4.79 Å². The summed E-state index contributed by atoms with van der Waals surface area (Å²) in [7, 11) is 0. The second-order valence-electron chi connectivity index (χ2n) is 3.64. The van der Waals surface area contributed by atoms with Gasteiger partial charge in [0.1, 0.15) is 0 Å². The fraction of sp³-hybridized carbons (Fsp3) is 0.700. The monoisotopic (exact) mass is 199 g/mol. The highest BCUT2D eigenvalue weighted by Gasteiger charge is 2.13. The molecule has 3 N–H and O–H groups in total. The van der Waals surface area contributed by atoms with E-state index in [4.69, 9.17) is 5.11 Å². The van der Waals surface area contributed by atoms with Gasteiger partial charge in [0.2, 0.25) is 0 Å². The van der Waals surface area contributed by atoms with Gasteiger partial charge < -0.3 is 15.5 Å². The molecular formula is C10H17NO3. The van der Waals surface area contributed by atoms with E-state index >= 15 is 0 Å². The lowest BCUT2D eigenvalue weighted by molar-refractivity contribution is -0.139. The van der Waals surface area contributed by atoms with E-state index in [1.54, 1.807) is 0 Å². The van der Waals surface area contributed by atoms with Crippen molar-refractivity contribution in [3.8, 4) is 0 Å². The summed E-state index contributed by atoms with van der Waals surface area (Å²) < 4.78 is 0. The largest absolute Gasteiger partial charge is 0.481 e. The Labute approximate surface area is 83.6 Å². The van der Waals surface area contributed by atoms with Crippen LogP contribution in [0.4, 0.5) is 0 Å². The highest BCUT2D eigenvalue weighted by Crippen LogP contribution is 2.10. The molecule has 4 heteroatoms. The van der Waals surface area contributed by atoms with Gasteiger partial charge in [-0.25, -0.2) is 0 Å². The molecule has 0 aromatic carbocycles. The van der Waals surface area contributed by atoms with Crippen LogP contribution in [0.3, 0.4) is 0 Å². The van der Waals surface area contributed by atoms with Crippen molar-refractivity contribution >= 4 is 5.97 Å². The van der Waals surface area contributed by atoms with Crippen LogP contribution < -0.4 is 5.32 Å². The summed E-state index contributed by atoms with van der Waals surface area (Å²) in [5.74, 6) is -0.956. The van der Waals surface area contributed by atoms with Crippen molar-refractivity contribution < 1.29 is 15.0 Å². The Bertz CT molecular complexity index is 215. The quantitative estimate of drug-likeness (QED) is 0.565. The third-order valence-electron chi connectivity index (χ3n) is 2.32. The molecule has 0 radical (unpaired) electrons. The average molecular weight is 199 g/mol. The number of aliphatic hydroxyl groups excluding tert-OH is 1. The van der Waals surface area contributed by atoms with Gasteiger partial charge in [-0.05, 0) is 19.3 Å². The van der Waals surface area contributed by atoms with E-state index in [0.717, 1.165) is 19.3 Å². The Balaban J connectivity index is 2.13. The Morgan fingerprint density at radius 1 is 1.57 bits per heavy atom. The zero-order valence-corrected chi connectivity index (χ0v) is 8.15. The van der Waals surface area contributed by atoms with E-state index in [9.17, 15) is 9.90 Å². The molecule has 0 saturated carbocycles. The number of aliphatic carboxylic acids is 1. The molecule has 0 aromatic heterocycles. The molecule has 0 aromatic rings. The second-order valence-corrected chi connectivity index (χ2v) is 3.64. The summed E-state index contributed by atoms with van der Waals surface area (Å²) in [6, 6.07) is 0.392. The van der Waals surface area contributed by atoms with Crippen molar-refractivity contribution in [2.24, 2.45) is 0 Å². The van der Waals surface area contributed by atoms with E-state index in [-0.39, 0.29) is 6.42 Å². The van der Waals surface area contributed by atoms with E-state index in [1.165, 1.54) is 0 Å². The molecule has 0 bridgehead atoms. The van der Waals surface area contributed by atoms with Crippen molar-refractivity contribution in [3.05, 3.63) is 12.2 Å². The Morgan fingerprint density at radius 3 is 2.93 bits per heavy atom. The Kier molecular flexibility index (Phi) is 4.62. The first kappa shape index (κ1) is 11.2. The number of nitrogens with one attached hydrogen (secondary N) is 1. The highest BCUT2D eigenvalue weighted by molar-refractivity contribution is 5.67. The fourth-order valence-corrected chi connectivity index (χ4v) is 1.56. The first-order chi connectivity index (χ1) is 6.68. The molecule has 2 atom stereocenters. The van der Waals surface area contributed by atoms with Crippen LogP contribution in [0.25, 0.3) is 0 Å². The zero-order chi connectivity index (χ0) is 10.4. The number of allylic oxidation sites excluding steroid dienone is 1. The minimum absolute atomic E-state index is 0.185. The number of carboxylic acids is 1. The van der Waals surface area contributed by atoms with E-state index < -0.39 is 12.1 Å². The van der Waals surface area contributed by atoms with Crippen LogP contribution >= 0.6 is 0 Å². The smallest absolute Gasteiger partial charge is 0.306 e. The van der Waals surface area contributed by atoms with Gasteiger partial charge in [0.15, 0.2) is 0 Å². The lowest BCUT2D eigenvalue weighted by Gasteiger charge is -2.20. The summed E-state index contributed by atoms with van der Waals surface area (Å²) in [5.41, 5.74) is 0. The van der Waals surface area contributed by atoms with Crippen molar-refractivity contribution in [1.29, 1.82) is 0 Å². The van der Waals surface area contributed by atoms with E-state index in [1.807, 2.05) is 0 Å². The zero-order valence-electron chi connectivity index (χ0n) is 8.15. The number of hydrogen-bond donors (Lipinski definition) is 3. The van der Waals surface area contributed by atoms with Crippen molar-refractivity contribution in [3.63, 3.8) is 0 Å². The second kappa shape index (κ2) is 5.78. The van der Waals surface area contributed by atoms with Gasteiger partial charge in [0.25, 0.3) is 0 Å². The van der Waals surface area contributed by atoms with Crippen LogP contribution in [0.5, 0.6) is 0 Å². The lowest BCUT2D eigenvalue weighted by atomic mass is 10.0. The predicted molar refractivity (Wildman–Crippen MR) is 53.0 cm³/mol. The number of rotatable bonds is 5. The molecule has 80 valence electrons. The van der Waals surface area contributed by atoms with Crippen LogP contribution in [0.15, 0.2) is 12.2 Å². The summed E-state index contributed by atoms with van der Waals surface area (Å²) in [6.45, 7) is 0.366. The van der Waals surface area contributed by atoms with Crippen molar-refractivity contribution in [2.75, 3.05) is 6.54 Å². The van der Waals surface area contributed by atoms with Crippen LogP contribution in [0, 0.1) is 0 Å². The minimum atomic E-state index is -0.956. The van der Waals surface area contributed by atoms with Gasteiger partial charge in [0.05, 0.1) is 12.5 Å². The van der Waals surface area contributed by atoms with E-state index in [0.29, 0.717) is 12.6 Å². The standard InChI is InChI=1S/C10H17NO3/c12-9(6-10(13)14)7-11-8-4-2-1-3-5-8/h1-2,8-9,11-12H,3-7H2,(H,13,14). The Morgan fingerprint density at radius 2 is 2.36 bits per heavy atom. The third-order valence-corrected chi connectivity index (χ3v) is 2.32. The summed E-state index contributed by atoms with van der Waals surface area (Å²) >= 11 is 0. The summed E-state index contributed by atoms with van der Waals surface area (Å²) in [6.07, 6.45) is 6.40. The SMILES string of the molecule is O=C(O)CC(O)CNC1CC=CCC1. The summed E-state index contributed by atoms with van der Waals surface area (Å²) in [5, 5.41) is 20.9. The molecule has 1 aliphatic carbocycles. The summed E-state index contributed by atoms with van der Waals surface area (Å²) in [4.78, 5) is 10.3. The maximum absolute atomic E-state index is 10.3. The highest BCUT2D eigenvalue weighted by atomic mass is 16.4. The average Bonchev–Trinajstić information content (AvgIpc) is 2.15. The van der Waals surface area contributed by atoms with E-state index in [2.05, 4.69) is 17.5 Å².